The molecule has 10 heavy (non-hydrogen) atoms. The summed E-state index contributed by atoms with van der Waals surface area (Å²) in [6.07, 6.45) is 4.80. The molecule has 1 aliphatic rings. The van der Waals surface area contributed by atoms with Gasteiger partial charge in [0, 0.05) is 12.1 Å². The largest absolute Gasteiger partial charge is 2.00 e. The van der Waals surface area contributed by atoms with Crippen molar-refractivity contribution in [3.63, 3.8) is 0 Å². The third-order valence-corrected chi connectivity index (χ3v) is 1.87. The molecule has 0 aromatic carbocycles. The van der Waals surface area contributed by atoms with Gasteiger partial charge in [0.15, 0.2) is 0 Å². The maximum absolute atomic E-state index is 5.65. The molecule has 1 saturated carbocycles. The van der Waals surface area contributed by atoms with Crippen LogP contribution >= 0.6 is 0 Å². The van der Waals surface area contributed by atoms with E-state index in [-0.39, 0.29) is 54.2 Å². The van der Waals surface area contributed by atoms with Crippen LogP contribution < -0.4 is 11.5 Å². The van der Waals surface area contributed by atoms with E-state index in [1.54, 1.807) is 0 Å². The molecule has 2 atom stereocenters. The predicted molar refractivity (Wildman–Crippen MR) is 34.4 cm³/mol. The summed E-state index contributed by atoms with van der Waals surface area (Å²) in [6, 6.07) is 0.562. The minimum absolute atomic E-state index is 0. The van der Waals surface area contributed by atoms with E-state index in [0.29, 0.717) is 0 Å². The zero-order valence-electron chi connectivity index (χ0n) is 5.77. The van der Waals surface area contributed by atoms with Crippen LogP contribution in [-0.2, 0) is 42.1 Å². The molecular formula is C6H14N2Pt2+4. The second-order valence-electron chi connectivity index (χ2n) is 2.61. The molecule has 0 amide bonds. The van der Waals surface area contributed by atoms with Gasteiger partial charge in [0.1, 0.15) is 0 Å². The Kier molecular flexibility index (Phi) is 9.66. The van der Waals surface area contributed by atoms with Gasteiger partial charge >= 0.3 is 42.1 Å². The fourth-order valence-electron chi connectivity index (χ4n) is 1.19. The Labute approximate surface area is 91.0 Å². The molecule has 1 fully saturated rings. The molecule has 0 radical (unpaired) electrons. The van der Waals surface area contributed by atoms with Crippen molar-refractivity contribution in [3.8, 4) is 0 Å². The van der Waals surface area contributed by atoms with Gasteiger partial charge in [0.25, 0.3) is 0 Å². The molecule has 0 aliphatic heterocycles. The van der Waals surface area contributed by atoms with Gasteiger partial charge < -0.3 is 11.5 Å². The first kappa shape index (κ1) is 13.9. The van der Waals surface area contributed by atoms with E-state index in [1.165, 1.54) is 12.8 Å². The molecule has 1 rings (SSSR count). The van der Waals surface area contributed by atoms with Crippen LogP contribution in [0.25, 0.3) is 0 Å². The molecule has 0 aromatic heterocycles. The molecule has 0 saturated heterocycles. The summed E-state index contributed by atoms with van der Waals surface area (Å²) in [5.41, 5.74) is 11.3. The van der Waals surface area contributed by atoms with Crippen molar-refractivity contribution >= 4 is 0 Å². The van der Waals surface area contributed by atoms with Crippen LogP contribution in [0.3, 0.4) is 0 Å². The average Bonchev–Trinajstić information content (AvgIpc) is 1.77. The van der Waals surface area contributed by atoms with Crippen molar-refractivity contribution in [1.82, 2.24) is 0 Å². The average molecular weight is 504 g/mol. The molecular weight excluding hydrogens is 490 g/mol. The molecule has 0 bridgehead atoms. The normalized spacial score (nSPS) is 31.8. The summed E-state index contributed by atoms with van der Waals surface area (Å²) in [7, 11) is 0. The monoisotopic (exact) mass is 504 g/mol. The first-order valence-electron chi connectivity index (χ1n) is 3.32. The van der Waals surface area contributed by atoms with Gasteiger partial charge in [-0.2, -0.15) is 0 Å². The molecule has 2 nitrogen and oxygen atoms in total. The summed E-state index contributed by atoms with van der Waals surface area (Å²) in [6.45, 7) is 0. The zero-order valence-corrected chi connectivity index (χ0v) is 10.3. The summed E-state index contributed by atoms with van der Waals surface area (Å²) >= 11 is 0. The Balaban J connectivity index is 0. The standard InChI is InChI=1S/C6H14N2.2Pt/c7-5-3-1-2-4-6(5)8;;/h5-6H,1-4,7-8H2;;/q;2*+2. The molecule has 1 aliphatic carbocycles. The van der Waals surface area contributed by atoms with Crippen molar-refractivity contribution in [2.75, 3.05) is 0 Å². The Hall–Kier alpha value is 1.30. The molecule has 2 unspecified atom stereocenters. The van der Waals surface area contributed by atoms with E-state index < -0.39 is 0 Å². The smallest absolute Gasteiger partial charge is 0.326 e. The SMILES string of the molecule is NC1CCCCC1N.[Pt+2].[Pt+2]. The van der Waals surface area contributed by atoms with E-state index in [9.17, 15) is 0 Å². The van der Waals surface area contributed by atoms with Gasteiger partial charge in [-0.1, -0.05) is 12.8 Å². The van der Waals surface area contributed by atoms with Gasteiger partial charge in [-0.3, -0.25) is 0 Å². The van der Waals surface area contributed by atoms with Crippen molar-refractivity contribution in [3.05, 3.63) is 0 Å². The Morgan fingerprint density at radius 3 is 1.30 bits per heavy atom. The number of rotatable bonds is 0. The molecule has 0 spiro atoms. The second-order valence-corrected chi connectivity index (χ2v) is 2.61. The summed E-state index contributed by atoms with van der Waals surface area (Å²) < 4.78 is 0. The van der Waals surface area contributed by atoms with Gasteiger partial charge in [0.05, 0.1) is 0 Å². The third-order valence-electron chi connectivity index (χ3n) is 1.87. The van der Waals surface area contributed by atoms with E-state index >= 15 is 0 Å². The van der Waals surface area contributed by atoms with Crippen LogP contribution in [0.1, 0.15) is 25.7 Å². The fourth-order valence-corrected chi connectivity index (χ4v) is 1.19. The van der Waals surface area contributed by atoms with Crippen molar-refractivity contribution in [1.29, 1.82) is 0 Å². The first-order valence-corrected chi connectivity index (χ1v) is 3.32. The van der Waals surface area contributed by atoms with E-state index in [4.69, 9.17) is 11.5 Å². The molecule has 0 aromatic rings. The first-order chi connectivity index (χ1) is 3.80. The van der Waals surface area contributed by atoms with Crippen LogP contribution in [0.5, 0.6) is 0 Å². The summed E-state index contributed by atoms with van der Waals surface area (Å²) in [5.74, 6) is 0. The maximum atomic E-state index is 5.65. The Morgan fingerprint density at radius 1 is 0.800 bits per heavy atom. The van der Waals surface area contributed by atoms with Gasteiger partial charge in [-0.25, -0.2) is 0 Å². The maximum Gasteiger partial charge on any atom is 2.00 e. The number of nitrogens with two attached hydrogens (primary N) is 2. The second kappa shape index (κ2) is 6.97. The van der Waals surface area contributed by atoms with E-state index in [2.05, 4.69) is 0 Å². The summed E-state index contributed by atoms with van der Waals surface area (Å²) in [4.78, 5) is 0. The van der Waals surface area contributed by atoms with Gasteiger partial charge in [-0.15, -0.1) is 0 Å². The molecule has 4 N–H and O–H groups in total. The third kappa shape index (κ3) is 4.23. The van der Waals surface area contributed by atoms with Crippen LogP contribution in [0.4, 0.5) is 0 Å². The van der Waals surface area contributed by atoms with Crippen molar-refractivity contribution in [2.24, 2.45) is 11.5 Å². The van der Waals surface area contributed by atoms with Crippen LogP contribution in [0.2, 0.25) is 0 Å². The van der Waals surface area contributed by atoms with Crippen LogP contribution in [0, 0.1) is 0 Å². The number of hydrogen-bond donors (Lipinski definition) is 2. The minimum Gasteiger partial charge on any atom is -0.326 e. The van der Waals surface area contributed by atoms with Crippen LogP contribution in [-0.4, -0.2) is 12.1 Å². The molecule has 64 valence electrons. The Morgan fingerprint density at radius 2 is 1.10 bits per heavy atom. The van der Waals surface area contributed by atoms with Gasteiger partial charge in [-0.05, 0) is 12.8 Å². The van der Waals surface area contributed by atoms with Gasteiger partial charge in [0.2, 0.25) is 0 Å². The Bertz CT molecular complexity index is 70.1. The van der Waals surface area contributed by atoms with E-state index in [0.717, 1.165) is 12.8 Å². The fraction of sp³-hybridized carbons (Fsp3) is 1.00. The van der Waals surface area contributed by atoms with E-state index in [1.807, 2.05) is 0 Å². The zero-order chi connectivity index (χ0) is 5.98. The van der Waals surface area contributed by atoms with Crippen molar-refractivity contribution < 1.29 is 42.1 Å². The molecule has 4 heteroatoms. The topological polar surface area (TPSA) is 52.0 Å². The number of hydrogen-bond acceptors (Lipinski definition) is 2. The summed E-state index contributed by atoms with van der Waals surface area (Å²) in [5, 5.41) is 0. The minimum atomic E-state index is 0. The van der Waals surface area contributed by atoms with Crippen molar-refractivity contribution in [2.45, 2.75) is 37.8 Å². The van der Waals surface area contributed by atoms with Crippen LogP contribution in [0.15, 0.2) is 0 Å². The molecule has 0 heterocycles. The predicted octanol–water partition coefficient (Wildman–Crippen LogP) is 0.210. The quantitative estimate of drug-likeness (QED) is 0.496.